The Morgan fingerprint density at radius 1 is 1.28 bits per heavy atom. The van der Waals surface area contributed by atoms with Crippen molar-refractivity contribution in [2.24, 2.45) is 11.8 Å². The maximum atomic E-state index is 14.4. The van der Waals surface area contributed by atoms with Crippen LogP contribution in [0.3, 0.4) is 0 Å². The van der Waals surface area contributed by atoms with Crippen molar-refractivity contribution in [2.45, 2.75) is 66.1 Å². The maximum absolute atomic E-state index is 14.4. The molecule has 2 aliphatic heterocycles. The van der Waals surface area contributed by atoms with Crippen LogP contribution in [-0.4, -0.2) is 42.3 Å². The van der Waals surface area contributed by atoms with Crippen LogP contribution in [-0.2, 0) is 9.31 Å². The number of likely N-dealkylation sites (tertiary alicyclic amines) is 1. The molecule has 0 spiro atoms. The molecule has 2 heterocycles. The molecule has 1 atom stereocenters. The van der Waals surface area contributed by atoms with Crippen molar-refractivity contribution in [1.29, 1.82) is 0 Å². The Kier molecular flexibility index (Phi) is 6.03. The summed E-state index contributed by atoms with van der Waals surface area (Å²) in [5, 5.41) is 2.89. The predicted octanol–water partition coefficient (Wildman–Crippen LogP) is 4.15. The van der Waals surface area contributed by atoms with Gasteiger partial charge in [0, 0.05) is 18.8 Å². The van der Waals surface area contributed by atoms with Gasteiger partial charge in [0.2, 0.25) is 0 Å². The van der Waals surface area contributed by atoms with Gasteiger partial charge in [-0.2, -0.15) is 0 Å². The summed E-state index contributed by atoms with van der Waals surface area (Å²) in [4.78, 5) is 14.5. The normalized spacial score (nSPS) is 23.1. The van der Waals surface area contributed by atoms with Crippen LogP contribution < -0.4 is 10.8 Å². The third kappa shape index (κ3) is 4.61. The summed E-state index contributed by atoms with van der Waals surface area (Å²) in [5.41, 5.74) is 0.768. The van der Waals surface area contributed by atoms with Gasteiger partial charge >= 0.3 is 13.1 Å². The van der Waals surface area contributed by atoms with Crippen LogP contribution in [0.25, 0.3) is 0 Å². The van der Waals surface area contributed by atoms with E-state index in [1.54, 1.807) is 4.90 Å². The molecule has 2 fully saturated rings. The van der Waals surface area contributed by atoms with Crippen LogP contribution in [0.5, 0.6) is 0 Å². The highest BCUT2D eigenvalue weighted by atomic mass is 19.1. The number of anilines is 1. The fourth-order valence-electron chi connectivity index (χ4n) is 3.89. The number of halogens is 1. The van der Waals surface area contributed by atoms with Crippen LogP contribution in [0.4, 0.5) is 14.9 Å². The van der Waals surface area contributed by atoms with E-state index in [4.69, 9.17) is 9.31 Å². The molecular weight excluding hydrogens is 370 g/mol. The zero-order valence-electron chi connectivity index (χ0n) is 18.6. The number of nitrogens with zero attached hydrogens (tertiary/aromatic N) is 1. The second-order valence-corrected chi connectivity index (χ2v) is 9.72. The number of carbonyl (C=O) groups excluding carboxylic acids is 1. The molecule has 1 aromatic rings. The van der Waals surface area contributed by atoms with Crippen LogP contribution in [0.1, 0.15) is 53.5 Å². The lowest BCUT2D eigenvalue weighted by atomic mass is 9.75. The quantitative estimate of drug-likeness (QED) is 0.769. The van der Waals surface area contributed by atoms with E-state index in [9.17, 15) is 9.18 Å². The molecule has 0 aromatic heterocycles. The fraction of sp³-hybridized carbons (Fsp3) is 0.636. The van der Waals surface area contributed by atoms with Gasteiger partial charge in [-0.1, -0.05) is 13.8 Å². The first kappa shape index (κ1) is 22.1. The maximum Gasteiger partial charge on any atom is 0.495 e. The Hall–Kier alpha value is -1.60. The van der Waals surface area contributed by atoms with E-state index in [2.05, 4.69) is 25.6 Å². The number of hydrogen-bond donors (Lipinski definition) is 1. The molecule has 0 aliphatic carbocycles. The predicted molar refractivity (Wildman–Crippen MR) is 115 cm³/mol. The molecule has 7 heteroatoms. The first-order valence-electron chi connectivity index (χ1n) is 10.4. The smallest absolute Gasteiger partial charge is 0.399 e. The van der Waals surface area contributed by atoms with Crippen molar-refractivity contribution in [2.75, 3.05) is 18.4 Å². The minimum atomic E-state index is -0.679. The third-order valence-electron chi connectivity index (χ3n) is 6.34. The van der Waals surface area contributed by atoms with Gasteiger partial charge in [-0.15, -0.1) is 0 Å². The van der Waals surface area contributed by atoms with E-state index in [0.29, 0.717) is 36.1 Å². The van der Waals surface area contributed by atoms with Crippen molar-refractivity contribution >= 4 is 24.3 Å². The molecule has 1 aromatic carbocycles. The first-order chi connectivity index (χ1) is 13.4. The van der Waals surface area contributed by atoms with E-state index in [-0.39, 0.29) is 6.03 Å². The van der Waals surface area contributed by atoms with E-state index in [0.717, 1.165) is 12.0 Å². The lowest BCUT2D eigenvalue weighted by Crippen LogP contribution is -2.41. The van der Waals surface area contributed by atoms with Crippen molar-refractivity contribution in [3.05, 3.63) is 29.9 Å². The summed E-state index contributed by atoms with van der Waals surface area (Å²) in [6, 6.07) is 2.57. The number of carbonyl (C=O) groups is 1. The molecule has 2 aliphatic rings. The summed E-state index contributed by atoms with van der Waals surface area (Å²) >= 11 is 0. The molecule has 0 unspecified atom stereocenters. The van der Waals surface area contributed by atoms with Gasteiger partial charge in [0.05, 0.1) is 11.2 Å². The van der Waals surface area contributed by atoms with Gasteiger partial charge in [0.15, 0.2) is 0 Å². The molecule has 2 saturated heterocycles. The summed E-state index contributed by atoms with van der Waals surface area (Å²) in [6.07, 6.45) is 3.25. The zero-order valence-corrected chi connectivity index (χ0v) is 18.6. The number of amides is 2. The number of nitrogens with one attached hydrogen (secondary N) is 1. The molecule has 0 saturated carbocycles. The van der Waals surface area contributed by atoms with Crippen LogP contribution >= 0.6 is 0 Å². The summed E-state index contributed by atoms with van der Waals surface area (Å²) in [6.45, 7) is 15.4. The van der Waals surface area contributed by atoms with Gasteiger partial charge in [0.25, 0.3) is 0 Å². The Morgan fingerprint density at radius 3 is 2.48 bits per heavy atom. The van der Waals surface area contributed by atoms with E-state index < -0.39 is 24.1 Å². The van der Waals surface area contributed by atoms with Gasteiger partial charge in [0.1, 0.15) is 5.82 Å². The fourth-order valence-corrected chi connectivity index (χ4v) is 3.89. The van der Waals surface area contributed by atoms with Crippen LogP contribution in [0.15, 0.2) is 12.1 Å². The van der Waals surface area contributed by atoms with Gasteiger partial charge < -0.3 is 19.5 Å². The molecule has 2 amide bonds. The molecule has 0 bridgehead atoms. The van der Waals surface area contributed by atoms with Crippen molar-refractivity contribution in [1.82, 2.24) is 4.90 Å². The van der Waals surface area contributed by atoms with Crippen LogP contribution in [0, 0.1) is 31.0 Å². The average molecular weight is 403 g/mol. The molecular formula is C22H33BFN2O3. The lowest BCUT2D eigenvalue weighted by Gasteiger charge is -2.32. The SMILES string of the molecule is Cc1c(NC(=O)N2C[CH][C@@H](CC(C)C)C2)cc(F)cc1B1OC(C)(C)C(C)(C)O1. The van der Waals surface area contributed by atoms with Gasteiger partial charge in [-0.25, -0.2) is 9.18 Å². The highest BCUT2D eigenvalue weighted by Crippen LogP contribution is 2.37. The molecule has 29 heavy (non-hydrogen) atoms. The second-order valence-electron chi connectivity index (χ2n) is 9.72. The number of rotatable bonds is 4. The standard InChI is InChI=1S/C22H33BFN2O3/c1-14(2)10-16-8-9-26(13-16)20(27)25-19-12-17(24)11-18(15(19)3)23-28-21(4,5)22(6,7)29-23/h8,11-12,14,16H,9-10,13H2,1-7H3,(H,25,27)/t16-/m0/s1. The molecule has 1 N–H and O–H groups in total. The highest BCUT2D eigenvalue weighted by Gasteiger charge is 2.52. The first-order valence-corrected chi connectivity index (χ1v) is 10.4. The van der Waals surface area contributed by atoms with Gasteiger partial charge in [-0.05, 0) is 82.5 Å². The topological polar surface area (TPSA) is 50.8 Å². The van der Waals surface area contributed by atoms with E-state index >= 15 is 0 Å². The van der Waals surface area contributed by atoms with Crippen molar-refractivity contribution < 1.29 is 18.5 Å². The minimum Gasteiger partial charge on any atom is -0.399 e. The monoisotopic (exact) mass is 403 g/mol. The molecule has 1 radical (unpaired) electrons. The summed E-state index contributed by atoms with van der Waals surface area (Å²) in [5.74, 6) is 0.572. The highest BCUT2D eigenvalue weighted by molar-refractivity contribution is 6.62. The Morgan fingerprint density at radius 2 is 1.90 bits per heavy atom. The van der Waals surface area contributed by atoms with E-state index in [1.807, 2.05) is 34.6 Å². The Bertz CT molecular complexity index is 766. The average Bonchev–Trinajstić information content (AvgIpc) is 3.12. The summed E-state index contributed by atoms with van der Waals surface area (Å²) in [7, 11) is -0.679. The van der Waals surface area contributed by atoms with Crippen LogP contribution in [0.2, 0.25) is 0 Å². The van der Waals surface area contributed by atoms with Crippen molar-refractivity contribution in [3.8, 4) is 0 Å². The minimum absolute atomic E-state index is 0.207. The molecule has 5 nitrogen and oxygen atoms in total. The zero-order chi connectivity index (χ0) is 21.6. The second kappa shape index (κ2) is 7.91. The molecule has 3 rings (SSSR count). The molecule has 159 valence electrons. The lowest BCUT2D eigenvalue weighted by molar-refractivity contribution is 0.00578. The summed E-state index contributed by atoms with van der Waals surface area (Å²) < 4.78 is 26.6. The number of hydrogen-bond acceptors (Lipinski definition) is 3. The third-order valence-corrected chi connectivity index (χ3v) is 6.34. The van der Waals surface area contributed by atoms with Crippen molar-refractivity contribution in [3.63, 3.8) is 0 Å². The Labute approximate surface area is 174 Å². The Balaban J connectivity index is 1.75. The number of urea groups is 1. The van der Waals surface area contributed by atoms with Gasteiger partial charge in [-0.3, -0.25) is 0 Å². The number of benzene rings is 1. The largest absolute Gasteiger partial charge is 0.495 e. The van der Waals surface area contributed by atoms with E-state index in [1.165, 1.54) is 12.1 Å².